The van der Waals surface area contributed by atoms with E-state index in [9.17, 15) is 8.78 Å². The van der Waals surface area contributed by atoms with Gasteiger partial charge in [-0.1, -0.05) is 29.8 Å². The predicted molar refractivity (Wildman–Crippen MR) is 79.3 cm³/mol. The van der Waals surface area contributed by atoms with E-state index in [1.165, 1.54) is 12.1 Å². The van der Waals surface area contributed by atoms with Gasteiger partial charge in [0, 0.05) is 10.0 Å². The molecule has 0 aliphatic heterocycles. The summed E-state index contributed by atoms with van der Waals surface area (Å²) in [5, 5.41) is 0.00184. The Bertz CT molecular complexity index is 622. The zero-order valence-corrected chi connectivity index (χ0v) is 12.7. The molecule has 0 spiro atoms. The van der Waals surface area contributed by atoms with E-state index < -0.39 is 11.9 Å². The van der Waals surface area contributed by atoms with Crippen molar-refractivity contribution in [3.05, 3.63) is 68.7 Å². The van der Waals surface area contributed by atoms with Gasteiger partial charge in [0.05, 0.1) is 11.1 Å². The molecule has 0 fully saturated rings. The minimum atomic E-state index is -0.541. The largest absolute Gasteiger partial charge is 0.271 e. The Labute approximate surface area is 129 Å². The molecule has 106 valence electrons. The van der Waals surface area contributed by atoms with Crippen LogP contribution in [-0.2, 0) is 6.42 Å². The van der Waals surface area contributed by atoms with Gasteiger partial charge in [0.2, 0.25) is 0 Å². The summed E-state index contributed by atoms with van der Waals surface area (Å²) in [6.07, 6.45) is 0.350. The van der Waals surface area contributed by atoms with E-state index in [-0.39, 0.29) is 10.8 Å². The molecule has 2 aromatic carbocycles. The molecule has 0 saturated carbocycles. The Hall–Kier alpha value is -1.01. The Morgan fingerprint density at radius 3 is 2.65 bits per heavy atom. The number of hydrazine groups is 1. The summed E-state index contributed by atoms with van der Waals surface area (Å²) in [6, 6.07) is 8.84. The van der Waals surface area contributed by atoms with Crippen molar-refractivity contribution in [3.8, 4) is 0 Å². The molecular weight excluding hydrogens is 350 g/mol. The molecule has 0 aliphatic rings. The molecule has 2 nitrogen and oxygen atoms in total. The Balaban J connectivity index is 2.31. The van der Waals surface area contributed by atoms with Gasteiger partial charge in [-0.05, 0) is 46.1 Å². The molecule has 2 rings (SSSR count). The van der Waals surface area contributed by atoms with Gasteiger partial charge in [-0.3, -0.25) is 11.3 Å². The van der Waals surface area contributed by atoms with Crippen LogP contribution < -0.4 is 11.3 Å². The maximum atomic E-state index is 14.2. The highest BCUT2D eigenvalue weighted by atomic mass is 79.9. The van der Waals surface area contributed by atoms with E-state index >= 15 is 0 Å². The first-order chi connectivity index (χ1) is 9.52. The first-order valence-electron chi connectivity index (χ1n) is 5.87. The third-order valence-corrected chi connectivity index (χ3v) is 4.23. The van der Waals surface area contributed by atoms with Crippen molar-refractivity contribution in [1.29, 1.82) is 0 Å². The first kappa shape index (κ1) is 15.4. The standard InChI is InChI=1S/C14H12BrClF2N2/c15-11-5-4-10(14(18)13(11)16)12(20-19)7-8-2-1-3-9(17)6-8/h1-6,12,20H,7,19H2. The molecule has 0 bridgehead atoms. The smallest absolute Gasteiger partial charge is 0.147 e. The lowest BCUT2D eigenvalue weighted by Crippen LogP contribution is -2.30. The lowest BCUT2D eigenvalue weighted by molar-refractivity contribution is 0.509. The molecule has 3 N–H and O–H groups in total. The lowest BCUT2D eigenvalue weighted by atomic mass is 9.99. The van der Waals surface area contributed by atoms with Gasteiger partial charge in [-0.15, -0.1) is 0 Å². The number of hydrogen-bond acceptors (Lipinski definition) is 2. The molecule has 0 saturated heterocycles. The molecule has 20 heavy (non-hydrogen) atoms. The molecule has 0 aliphatic carbocycles. The molecule has 6 heteroatoms. The molecule has 0 radical (unpaired) electrons. The van der Waals surface area contributed by atoms with Gasteiger partial charge in [-0.25, -0.2) is 8.78 Å². The maximum Gasteiger partial charge on any atom is 0.147 e. The molecular formula is C14H12BrClF2N2. The third kappa shape index (κ3) is 3.35. The van der Waals surface area contributed by atoms with Crippen LogP contribution in [-0.4, -0.2) is 0 Å². The van der Waals surface area contributed by atoms with E-state index in [0.717, 1.165) is 0 Å². The predicted octanol–water partition coefficient (Wildman–Crippen LogP) is 4.13. The van der Waals surface area contributed by atoms with Crippen LogP contribution in [0.2, 0.25) is 5.02 Å². The van der Waals surface area contributed by atoms with E-state index in [0.29, 0.717) is 22.0 Å². The topological polar surface area (TPSA) is 38.0 Å². The molecule has 0 amide bonds. The van der Waals surface area contributed by atoms with Crippen molar-refractivity contribution in [3.63, 3.8) is 0 Å². The Kier molecular flexibility index (Phi) is 5.10. The second-order valence-electron chi connectivity index (χ2n) is 4.32. The fourth-order valence-electron chi connectivity index (χ4n) is 1.97. The highest BCUT2D eigenvalue weighted by Crippen LogP contribution is 2.31. The second-order valence-corrected chi connectivity index (χ2v) is 5.55. The fraction of sp³-hybridized carbons (Fsp3) is 0.143. The van der Waals surface area contributed by atoms with Crippen LogP contribution >= 0.6 is 27.5 Å². The van der Waals surface area contributed by atoms with Crippen LogP contribution in [0.3, 0.4) is 0 Å². The zero-order chi connectivity index (χ0) is 14.7. The Morgan fingerprint density at radius 1 is 1.25 bits per heavy atom. The highest BCUT2D eigenvalue weighted by Gasteiger charge is 2.18. The van der Waals surface area contributed by atoms with Crippen molar-refractivity contribution in [1.82, 2.24) is 5.43 Å². The maximum absolute atomic E-state index is 14.2. The quantitative estimate of drug-likeness (QED) is 0.488. The van der Waals surface area contributed by atoms with Crippen LogP contribution in [0, 0.1) is 11.6 Å². The van der Waals surface area contributed by atoms with Crippen LogP contribution in [0.1, 0.15) is 17.2 Å². The zero-order valence-electron chi connectivity index (χ0n) is 10.3. The first-order valence-corrected chi connectivity index (χ1v) is 7.04. The molecule has 1 atom stereocenters. The van der Waals surface area contributed by atoms with E-state index in [2.05, 4.69) is 21.4 Å². The normalized spacial score (nSPS) is 12.4. The van der Waals surface area contributed by atoms with Crippen molar-refractivity contribution in [2.75, 3.05) is 0 Å². The molecule has 2 aromatic rings. The summed E-state index contributed by atoms with van der Waals surface area (Å²) in [4.78, 5) is 0. The minimum Gasteiger partial charge on any atom is -0.271 e. The third-order valence-electron chi connectivity index (χ3n) is 2.97. The van der Waals surface area contributed by atoms with Gasteiger partial charge in [0.25, 0.3) is 0 Å². The van der Waals surface area contributed by atoms with Crippen molar-refractivity contribution >= 4 is 27.5 Å². The van der Waals surface area contributed by atoms with Crippen molar-refractivity contribution < 1.29 is 8.78 Å². The highest BCUT2D eigenvalue weighted by molar-refractivity contribution is 9.10. The van der Waals surface area contributed by atoms with E-state index in [1.54, 1.807) is 24.3 Å². The number of nitrogens with one attached hydrogen (secondary N) is 1. The molecule has 1 unspecified atom stereocenters. The average molecular weight is 362 g/mol. The van der Waals surface area contributed by atoms with Crippen molar-refractivity contribution in [2.45, 2.75) is 12.5 Å². The fourth-order valence-corrected chi connectivity index (χ4v) is 2.45. The molecule has 0 aromatic heterocycles. The van der Waals surface area contributed by atoms with Gasteiger partial charge < -0.3 is 0 Å². The summed E-state index contributed by atoms with van der Waals surface area (Å²) < 4.78 is 27.8. The van der Waals surface area contributed by atoms with Gasteiger partial charge in [0.15, 0.2) is 0 Å². The van der Waals surface area contributed by atoms with Crippen LogP contribution in [0.25, 0.3) is 0 Å². The summed E-state index contributed by atoms with van der Waals surface area (Å²) in [6.45, 7) is 0. The van der Waals surface area contributed by atoms with E-state index in [4.69, 9.17) is 17.4 Å². The average Bonchev–Trinajstić information content (AvgIpc) is 2.43. The van der Waals surface area contributed by atoms with Gasteiger partial charge in [0.1, 0.15) is 11.6 Å². The lowest BCUT2D eigenvalue weighted by Gasteiger charge is -2.18. The summed E-state index contributed by atoms with van der Waals surface area (Å²) in [7, 11) is 0. The summed E-state index contributed by atoms with van der Waals surface area (Å²) in [5.41, 5.74) is 3.59. The number of halogens is 4. The number of rotatable bonds is 4. The summed E-state index contributed by atoms with van der Waals surface area (Å²) >= 11 is 9.02. The van der Waals surface area contributed by atoms with Gasteiger partial charge >= 0.3 is 0 Å². The SMILES string of the molecule is NNC(Cc1cccc(F)c1)c1ccc(Br)c(Cl)c1F. The molecule has 0 heterocycles. The van der Waals surface area contributed by atoms with Gasteiger partial charge in [-0.2, -0.15) is 0 Å². The number of nitrogens with two attached hydrogens (primary N) is 1. The second kappa shape index (κ2) is 6.63. The number of hydrogen-bond donors (Lipinski definition) is 2. The summed E-state index contributed by atoms with van der Waals surface area (Å²) in [5.74, 6) is 4.60. The Morgan fingerprint density at radius 2 is 2.00 bits per heavy atom. The van der Waals surface area contributed by atoms with E-state index in [1.807, 2.05) is 0 Å². The van der Waals surface area contributed by atoms with Crippen LogP contribution in [0.4, 0.5) is 8.78 Å². The number of benzene rings is 2. The minimum absolute atomic E-state index is 0.00184. The van der Waals surface area contributed by atoms with Crippen molar-refractivity contribution in [2.24, 2.45) is 5.84 Å². The monoisotopic (exact) mass is 360 g/mol. The van der Waals surface area contributed by atoms with Crippen LogP contribution in [0.5, 0.6) is 0 Å². The van der Waals surface area contributed by atoms with Crippen LogP contribution in [0.15, 0.2) is 40.9 Å².